The lowest BCUT2D eigenvalue weighted by atomic mass is 9.77. The molecule has 0 saturated heterocycles. The standard InChI is InChI=1S/C13H18BrN/c1-9-6-7-10(8-15-2)11-4-3-5-12(14)13(9)11/h3-5,9-10,15H,6-8H2,1-2H3. The maximum atomic E-state index is 3.68. The monoisotopic (exact) mass is 267 g/mol. The SMILES string of the molecule is CNCC1CCC(C)c2c(Br)cccc21. The van der Waals surface area contributed by atoms with Gasteiger partial charge in [0.25, 0.3) is 0 Å². The van der Waals surface area contributed by atoms with Crippen molar-refractivity contribution >= 4 is 15.9 Å². The molecule has 2 heteroatoms. The highest BCUT2D eigenvalue weighted by atomic mass is 79.9. The van der Waals surface area contributed by atoms with Crippen LogP contribution in [0.1, 0.15) is 42.7 Å². The number of fused-ring (bicyclic) bond motifs is 1. The molecule has 0 radical (unpaired) electrons. The van der Waals surface area contributed by atoms with Gasteiger partial charge in [-0.15, -0.1) is 0 Å². The molecule has 1 aliphatic rings. The fraction of sp³-hybridized carbons (Fsp3) is 0.538. The fourth-order valence-corrected chi connectivity index (χ4v) is 3.41. The first kappa shape index (κ1) is 11.2. The van der Waals surface area contributed by atoms with Gasteiger partial charge in [-0.2, -0.15) is 0 Å². The van der Waals surface area contributed by atoms with Crippen LogP contribution in [-0.4, -0.2) is 13.6 Å². The van der Waals surface area contributed by atoms with Crippen LogP contribution >= 0.6 is 15.9 Å². The average molecular weight is 268 g/mol. The van der Waals surface area contributed by atoms with Crippen molar-refractivity contribution in [1.82, 2.24) is 5.32 Å². The largest absolute Gasteiger partial charge is 0.319 e. The van der Waals surface area contributed by atoms with E-state index in [4.69, 9.17) is 0 Å². The van der Waals surface area contributed by atoms with Crippen LogP contribution in [0.2, 0.25) is 0 Å². The zero-order chi connectivity index (χ0) is 10.8. The molecule has 1 aromatic rings. The molecule has 0 bridgehead atoms. The van der Waals surface area contributed by atoms with Gasteiger partial charge in [0.2, 0.25) is 0 Å². The van der Waals surface area contributed by atoms with E-state index in [0.717, 1.165) is 6.54 Å². The van der Waals surface area contributed by atoms with E-state index in [-0.39, 0.29) is 0 Å². The molecule has 82 valence electrons. The maximum absolute atomic E-state index is 3.68. The number of benzene rings is 1. The van der Waals surface area contributed by atoms with Crippen molar-refractivity contribution in [2.45, 2.75) is 31.6 Å². The van der Waals surface area contributed by atoms with E-state index in [9.17, 15) is 0 Å². The first-order chi connectivity index (χ1) is 7.24. The summed E-state index contributed by atoms with van der Waals surface area (Å²) in [6.45, 7) is 3.43. The van der Waals surface area contributed by atoms with Gasteiger partial charge in [-0.1, -0.05) is 35.0 Å². The van der Waals surface area contributed by atoms with E-state index in [1.165, 1.54) is 28.4 Å². The summed E-state index contributed by atoms with van der Waals surface area (Å²) in [4.78, 5) is 0. The normalized spacial score (nSPS) is 25.0. The molecular weight excluding hydrogens is 250 g/mol. The molecule has 0 heterocycles. The van der Waals surface area contributed by atoms with Crippen LogP contribution in [0.15, 0.2) is 22.7 Å². The second-order valence-corrected chi connectivity index (χ2v) is 5.33. The number of rotatable bonds is 2. The molecule has 15 heavy (non-hydrogen) atoms. The smallest absolute Gasteiger partial charge is 0.0212 e. The van der Waals surface area contributed by atoms with Gasteiger partial charge in [0.1, 0.15) is 0 Å². The Hall–Kier alpha value is -0.340. The molecule has 0 fully saturated rings. The van der Waals surface area contributed by atoms with Gasteiger partial charge in [-0.25, -0.2) is 0 Å². The van der Waals surface area contributed by atoms with Crippen molar-refractivity contribution in [3.63, 3.8) is 0 Å². The Morgan fingerprint density at radius 2 is 2.20 bits per heavy atom. The molecule has 0 aromatic heterocycles. The second kappa shape index (κ2) is 4.67. The summed E-state index contributed by atoms with van der Waals surface area (Å²) < 4.78 is 1.29. The van der Waals surface area contributed by atoms with Gasteiger partial charge >= 0.3 is 0 Å². The van der Waals surface area contributed by atoms with Crippen molar-refractivity contribution in [2.75, 3.05) is 13.6 Å². The Morgan fingerprint density at radius 1 is 1.40 bits per heavy atom. The molecule has 1 aliphatic carbocycles. The first-order valence-electron chi connectivity index (χ1n) is 5.67. The lowest BCUT2D eigenvalue weighted by molar-refractivity contribution is 0.486. The van der Waals surface area contributed by atoms with Crippen LogP contribution in [0.4, 0.5) is 0 Å². The van der Waals surface area contributed by atoms with Crippen molar-refractivity contribution in [3.8, 4) is 0 Å². The molecule has 0 aliphatic heterocycles. The zero-order valence-electron chi connectivity index (χ0n) is 9.39. The minimum Gasteiger partial charge on any atom is -0.319 e. The van der Waals surface area contributed by atoms with E-state index in [1.54, 1.807) is 0 Å². The van der Waals surface area contributed by atoms with Crippen LogP contribution in [0.25, 0.3) is 0 Å². The van der Waals surface area contributed by atoms with Crippen LogP contribution in [0, 0.1) is 0 Å². The third-order valence-electron chi connectivity index (χ3n) is 3.42. The number of halogens is 1. The van der Waals surface area contributed by atoms with E-state index in [2.05, 4.69) is 46.4 Å². The molecule has 1 N–H and O–H groups in total. The van der Waals surface area contributed by atoms with Crippen LogP contribution < -0.4 is 5.32 Å². The highest BCUT2D eigenvalue weighted by Crippen LogP contribution is 2.41. The third kappa shape index (κ3) is 2.11. The molecule has 1 aromatic carbocycles. The van der Waals surface area contributed by atoms with E-state index < -0.39 is 0 Å². The van der Waals surface area contributed by atoms with Gasteiger partial charge in [0, 0.05) is 11.0 Å². The van der Waals surface area contributed by atoms with Gasteiger partial charge in [0.05, 0.1) is 0 Å². The van der Waals surface area contributed by atoms with E-state index in [0.29, 0.717) is 11.8 Å². The molecule has 2 unspecified atom stereocenters. The maximum Gasteiger partial charge on any atom is 0.0212 e. The van der Waals surface area contributed by atoms with Crippen LogP contribution in [0.5, 0.6) is 0 Å². The third-order valence-corrected chi connectivity index (χ3v) is 4.11. The summed E-state index contributed by atoms with van der Waals surface area (Å²) in [7, 11) is 2.04. The summed E-state index contributed by atoms with van der Waals surface area (Å²) in [6, 6.07) is 6.61. The predicted octanol–water partition coefficient (Wildman–Crippen LogP) is 3.65. The lowest BCUT2D eigenvalue weighted by Gasteiger charge is -2.30. The van der Waals surface area contributed by atoms with Crippen LogP contribution in [-0.2, 0) is 0 Å². The summed E-state index contributed by atoms with van der Waals surface area (Å²) >= 11 is 3.68. The zero-order valence-corrected chi connectivity index (χ0v) is 11.0. The molecule has 0 spiro atoms. The molecule has 0 saturated carbocycles. The van der Waals surface area contributed by atoms with E-state index in [1.807, 2.05) is 7.05 Å². The van der Waals surface area contributed by atoms with Gasteiger partial charge in [-0.3, -0.25) is 0 Å². The highest BCUT2D eigenvalue weighted by Gasteiger charge is 2.25. The minimum absolute atomic E-state index is 0.693. The van der Waals surface area contributed by atoms with Crippen LogP contribution in [0.3, 0.4) is 0 Å². The van der Waals surface area contributed by atoms with Crippen molar-refractivity contribution in [3.05, 3.63) is 33.8 Å². The molecule has 1 nitrogen and oxygen atoms in total. The highest BCUT2D eigenvalue weighted by molar-refractivity contribution is 9.10. The van der Waals surface area contributed by atoms with Gasteiger partial charge in [0.15, 0.2) is 0 Å². The lowest BCUT2D eigenvalue weighted by Crippen LogP contribution is -2.22. The minimum atomic E-state index is 0.693. The summed E-state index contributed by atoms with van der Waals surface area (Å²) in [5, 5.41) is 3.30. The Balaban J connectivity index is 2.41. The number of hydrogen-bond acceptors (Lipinski definition) is 1. The fourth-order valence-electron chi connectivity index (χ4n) is 2.64. The summed E-state index contributed by atoms with van der Waals surface area (Å²) in [6.07, 6.45) is 2.62. The topological polar surface area (TPSA) is 12.0 Å². The van der Waals surface area contributed by atoms with Gasteiger partial charge in [-0.05, 0) is 48.9 Å². The Morgan fingerprint density at radius 3 is 2.93 bits per heavy atom. The van der Waals surface area contributed by atoms with Crippen molar-refractivity contribution in [2.24, 2.45) is 0 Å². The molecule has 2 rings (SSSR count). The molecular formula is C13H18BrN. The Bertz CT molecular complexity index is 348. The predicted molar refractivity (Wildman–Crippen MR) is 68.5 cm³/mol. The Labute approximate surface area is 100 Å². The average Bonchev–Trinajstić information content (AvgIpc) is 2.22. The van der Waals surface area contributed by atoms with Crippen molar-refractivity contribution in [1.29, 1.82) is 0 Å². The number of hydrogen-bond donors (Lipinski definition) is 1. The van der Waals surface area contributed by atoms with E-state index >= 15 is 0 Å². The van der Waals surface area contributed by atoms with Gasteiger partial charge < -0.3 is 5.32 Å². The molecule has 0 amide bonds. The molecule has 2 atom stereocenters. The first-order valence-corrected chi connectivity index (χ1v) is 6.46. The number of likely N-dealkylation sites (N-methyl/N-ethyl adjacent to an activating group) is 1. The Kier molecular flexibility index (Phi) is 3.47. The second-order valence-electron chi connectivity index (χ2n) is 4.48. The number of nitrogens with one attached hydrogen (secondary N) is 1. The summed E-state index contributed by atoms with van der Waals surface area (Å²) in [5.74, 6) is 1.39. The van der Waals surface area contributed by atoms with Crippen molar-refractivity contribution < 1.29 is 0 Å². The quantitative estimate of drug-likeness (QED) is 0.863. The summed E-state index contributed by atoms with van der Waals surface area (Å²) in [5.41, 5.74) is 3.07.